The van der Waals surface area contributed by atoms with E-state index < -0.39 is 0 Å². The SMILES string of the molecule is Cc1sccc1CCC(C)N. The van der Waals surface area contributed by atoms with Crippen LogP contribution >= 0.6 is 11.3 Å². The molecule has 0 aliphatic rings. The Morgan fingerprint density at radius 3 is 2.82 bits per heavy atom. The van der Waals surface area contributed by atoms with Gasteiger partial charge in [-0.05, 0) is 43.7 Å². The molecule has 0 fully saturated rings. The van der Waals surface area contributed by atoms with Crippen LogP contribution in [0.3, 0.4) is 0 Å². The highest BCUT2D eigenvalue weighted by molar-refractivity contribution is 7.10. The Morgan fingerprint density at radius 2 is 2.36 bits per heavy atom. The Kier molecular flexibility index (Phi) is 3.09. The van der Waals surface area contributed by atoms with Crippen LogP contribution in [-0.4, -0.2) is 6.04 Å². The van der Waals surface area contributed by atoms with E-state index in [9.17, 15) is 0 Å². The molecule has 0 spiro atoms. The standard InChI is InChI=1S/C9H15NS/c1-7(10)3-4-9-5-6-11-8(9)2/h5-7H,3-4,10H2,1-2H3. The predicted molar refractivity (Wildman–Crippen MR) is 51.0 cm³/mol. The molecule has 1 aromatic heterocycles. The summed E-state index contributed by atoms with van der Waals surface area (Å²) in [5.41, 5.74) is 7.13. The largest absolute Gasteiger partial charge is 0.328 e. The van der Waals surface area contributed by atoms with Crippen molar-refractivity contribution in [1.29, 1.82) is 0 Å². The molecule has 2 N–H and O–H groups in total. The van der Waals surface area contributed by atoms with E-state index in [0.29, 0.717) is 6.04 Å². The second-order valence-electron chi connectivity index (χ2n) is 3.02. The minimum absolute atomic E-state index is 0.328. The molecule has 0 amide bonds. The van der Waals surface area contributed by atoms with Crippen LogP contribution in [0.4, 0.5) is 0 Å². The van der Waals surface area contributed by atoms with Crippen LogP contribution in [0.5, 0.6) is 0 Å². The molecule has 0 saturated carbocycles. The summed E-state index contributed by atoms with van der Waals surface area (Å²) >= 11 is 1.82. The Bertz CT molecular complexity index is 215. The van der Waals surface area contributed by atoms with Gasteiger partial charge in [0.1, 0.15) is 0 Å². The Morgan fingerprint density at radius 1 is 1.64 bits per heavy atom. The van der Waals surface area contributed by atoms with E-state index >= 15 is 0 Å². The van der Waals surface area contributed by atoms with Crippen LogP contribution in [0.2, 0.25) is 0 Å². The minimum atomic E-state index is 0.328. The molecule has 1 nitrogen and oxygen atoms in total. The van der Waals surface area contributed by atoms with E-state index in [2.05, 4.69) is 25.3 Å². The van der Waals surface area contributed by atoms with Crippen molar-refractivity contribution >= 4 is 11.3 Å². The van der Waals surface area contributed by atoms with Crippen molar-refractivity contribution in [1.82, 2.24) is 0 Å². The second kappa shape index (κ2) is 3.88. The van der Waals surface area contributed by atoms with Crippen molar-refractivity contribution in [3.05, 3.63) is 21.9 Å². The molecule has 11 heavy (non-hydrogen) atoms. The van der Waals surface area contributed by atoms with Crippen LogP contribution in [0.1, 0.15) is 23.8 Å². The van der Waals surface area contributed by atoms with Crippen molar-refractivity contribution < 1.29 is 0 Å². The third-order valence-corrected chi connectivity index (χ3v) is 2.72. The van der Waals surface area contributed by atoms with Gasteiger partial charge < -0.3 is 5.73 Å². The van der Waals surface area contributed by atoms with Gasteiger partial charge in [-0.1, -0.05) is 0 Å². The topological polar surface area (TPSA) is 26.0 Å². The second-order valence-corrected chi connectivity index (χ2v) is 4.14. The smallest absolute Gasteiger partial charge is 0.00462 e. The average Bonchev–Trinajstić information content (AvgIpc) is 2.31. The molecule has 1 aromatic rings. The molecular formula is C9H15NS. The fraction of sp³-hybridized carbons (Fsp3) is 0.556. The lowest BCUT2D eigenvalue weighted by Gasteiger charge is -2.03. The van der Waals surface area contributed by atoms with E-state index in [1.54, 1.807) is 0 Å². The zero-order valence-corrected chi connectivity index (χ0v) is 7.95. The van der Waals surface area contributed by atoms with Gasteiger partial charge in [0.05, 0.1) is 0 Å². The fourth-order valence-electron chi connectivity index (χ4n) is 1.05. The third-order valence-electron chi connectivity index (χ3n) is 1.84. The Hall–Kier alpha value is -0.340. The van der Waals surface area contributed by atoms with Crippen LogP contribution in [0.15, 0.2) is 11.4 Å². The molecule has 0 aromatic carbocycles. The highest BCUT2D eigenvalue weighted by Gasteiger charge is 2.00. The number of nitrogens with two attached hydrogens (primary N) is 1. The van der Waals surface area contributed by atoms with Gasteiger partial charge in [0.25, 0.3) is 0 Å². The highest BCUT2D eigenvalue weighted by Crippen LogP contribution is 2.16. The first kappa shape index (κ1) is 8.75. The Labute approximate surface area is 72.2 Å². The first-order valence-electron chi connectivity index (χ1n) is 3.98. The lowest BCUT2D eigenvalue weighted by molar-refractivity contribution is 0.666. The molecule has 0 saturated heterocycles. The highest BCUT2D eigenvalue weighted by atomic mass is 32.1. The molecular weight excluding hydrogens is 154 g/mol. The summed E-state index contributed by atoms with van der Waals surface area (Å²) in [7, 11) is 0. The fourth-order valence-corrected chi connectivity index (χ4v) is 1.81. The van der Waals surface area contributed by atoms with Gasteiger partial charge in [0, 0.05) is 10.9 Å². The minimum Gasteiger partial charge on any atom is -0.328 e. The summed E-state index contributed by atoms with van der Waals surface area (Å²) in [6, 6.07) is 2.52. The van der Waals surface area contributed by atoms with E-state index in [-0.39, 0.29) is 0 Å². The third kappa shape index (κ3) is 2.64. The van der Waals surface area contributed by atoms with Crippen molar-refractivity contribution in [2.24, 2.45) is 5.73 Å². The molecule has 62 valence electrons. The monoisotopic (exact) mass is 169 g/mol. The molecule has 0 aliphatic carbocycles. The lowest BCUT2D eigenvalue weighted by atomic mass is 10.1. The predicted octanol–water partition coefficient (Wildman–Crippen LogP) is 2.34. The van der Waals surface area contributed by atoms with Crippen LogP contribution in [0.25, 0.3) is 0 Å². The molecule has 1 heterocycles. The number of hydrogen-bond donors (Lipinski definition) is 1. The Balaban J connectivity index is 2.44. The normalized spacial score (nSPS) is 13.4. The zero-order valence-electron chi connectivity index (χ0n) is 7.13. The lowest BCUT2D eigenvalue weighted by Crippen LogP contribution is -2.15. The van der Waals surface area contributed by atoms with Gasteiger partial charge in [-0.15, -0.1) is 11.3 Å². The van der Waals surface area contributed by atoms with Gasteiger partial charge >= 0.3 is 0 Å². The first-order chi connectivity index (χ1) is 5.20. The van der Waals surface area contributed by atoms with Gasteiger partial charge in [-0.25, -0.2) is 0 Å². The number of aryl methyl sites for hydroxylation is 2. The number of hydrogen-bond acceptors (Lipinski definition) is 2. The zero-order chi connectivity index (χ0) is 8.27. The van der Waals surface area contributed by atoms with Gasteiger partial charge in [0.15, 0.2) is 0 Å². The summed E-state index contributed by atoms with van der Waals surface area (Å²) in [5, 5.41) is 2.14. The van der Waals surface area contributed by atoms with E-state index in [0.717, 1.165) is 12.8 Å². The molecule has 0 bridgehead atoms. The summed E-state index contributed by atoms with van der Waals surface area (Å²) in [5.74, 6) is 0. The molecule has 0 radical (unpaired) electrons. The quantitative estimate of drug-likeness (QED) is 0.738. The van der Waals surface area contributed by atoms with Crippen molar-refractivity contribution in [3.8, 4) is 0 Å². The van der Waals surface area contributed by atoms with E-state index in [4.69, 9.17) is 5.73 Å². The summed E-state index contributed by atoms with van der Waals surface area (Å²) < 4.78 is 0. The van der Waals surface area contributed by atoms with Crippen LogP contribution < -0.4 is 5.73 Å². The van der Waals surface area contributed by atoms with Crippen LogP contribution in [-0.2, 0) is 6.42 Å². The van der Waals surface area contributed by atoms with E-state index in [1.807, 2.05) is 11.3 Å². The summed E-state index contributed by atoms with van der Waals surface area (Å²) in [4.78, 5) is 1.44. The molecule has 0 aliphatic heterocycles. The van der Waals surface area contributed by atoms with Gasteiger partial charge in [-0.3, -0.25) is 0 Å². The summed E-state index contributed by atoms with van der Waals surface area (Å²) in [6.45, 7) is 4.23. The maximum Gasteiger partial charge on any atom is 0.00462 e. The van der Waals surface area contributed by atoms with Crippen LogP contribution in [0, 0.1) is 6.92 Å². The van der Waals surface area contributed by atoms with Gasteiger partial charge in [-0.2, -0.15) is 0 Å². The molecule has 2 heteroatoms. The maximum atomic E-state index is 5.66. The molecule has 1 rings (SSSR count). The van der Waals surface area contributed by atoms with Crippen molar-refractivity contribution in [3.63, 3.8) is 0 Å². The average molecular weight is 169 g/mol. The van der Waals surface area contributed by atoms with E-state index in [1.165, 1.54) is 10.4 Å². The van der Waals surface area contributed by atoms with Crippen molar-refractivity contribution in [2.75, 3.05) is 0 Å². The van der Waals surface area contributed by atoms with Gasteiger partial charge in [0.2, 0.25) is 0 Å². The first-order valence-corrected chi connectivity index (χ1v) is 4.86. The number of thiophene rings is 1. The number of rotatable bonds is 3. The summed E-state index contributed by atoms with van der Waals surface area (Å²) in [6.07, 6.45) is 2.23. The molecule has 1 unspecified atom stereocenters. The molecule has 1 atom stereocenters. The van der Waals surface area contributed by atoms with Crippen molar-refractivity contribution in [2.45, 2.75) is 32.7 Å². The maximum absolute atomic E-state index is 5.66.